The number of urea groups is 1. The average molecular weight is 515 g/mol. The summed E-state index contributed by atoms with van der Waals surface area (Å²) in [6, 6.07) is 6.23. The van der Waals surface area contributed by atoms with Gasteiger partial charge in [-0.25, -0.2) is 31.7 Å². The molecule has 1 aliphatic rings. The molecule has 13 heteroatoms. The third-order valence-corrected chi connectivity index (χ3v) is 7.09. The molecule has 0 unspecified atom stereocenters. The van der Waals surface area contributed by atoms with E-state index in [0.29, 0.717) is 12.8 Å². The van der Waals surface area contributed by atoms with Crippen LogP contribution in [0.1, 0.15) is 12.8 Å². The highest BCUT2D eigenvalue weighted by molar-refractivity contribution is 7.89. The van der Waals surface area contributed by atoms with Gasteiger partial charge in [0.05, 0.1) is 6.20 Å². The van der Waals surface area contributed by atoms with Crippen LogP contribution < -0.4 is 19.7 Å². The lowest BCUT2D eigenvalue weighted by Crippen LogP contribution is -2.32. The van der Waals surface area contributed by atoms with E-state index >= 15 is 0 Å². The number of carbonyl (C=O) groups is 1. The molecule has 0 atom stereocenters. The first-order valence-electron chi connectivity index (χ1n) is 9.57. The van der Waals surface area contributed by atoms with E-state index in [1.807, 2.05) is 0 Å². The Labute approximate surface area is 197 Å². The summed E-state index contributed by atoms with van der Waals surface area (Å²) in [6.07, 6.45) is 2.74. The van der Waals surface area contributed by atoms with Gasteiger partial charge in [-0.05, 0) is 43.2 Å². The fourth-order valence-electron chi connectivity index (χ4n) is 2.75. The van der Waals surface area contributed by atoms with Gasteiger partial charge in [-0.2, -0.15) is 0 Å². The molecule has 33 heavy (non-hydrogen) atoms. The van der Waals surface area contributed by atoms with E-state index in [4.69, 9.17) is 16.3 Å². The van der Waals surface area contributed by atoms with Crippen molar-refractivity contribution in [1.82, 2.24) is 9.71 Å². The fraction of sp³-hybridized carbons (Fsp3) is 0.200. The molecule has 0 radical (unpaired) electrons. The number of nitrogens with one attached hydrogen (secondary N) is 2. The van der Waals surface area contributed by atoms with E-state index < -0.39 is 32.6 Å². The maximum atomic E-state index is 14.2. The molecule has 1 fully saturated rings. The number of benzene rings is 2. The summed E-state index contributed by atoms with van der Waals surface area (Å²) in [6.45, 7) is 0. The zero-order valence-corrected chi connectivity index (χ0v) is 19.4. The molecule has 0 aliphatic heterocycles. The highest BCUT2D eigenvalue weighted by Gasteiger charge is 2.30. The molecular formula is C20H17ClF2N4O4S2. The van der Waals surface area contributed by atoms with Crippen molar-refractivity contribution in [1.29, 1.82) is 0 Å². The van der Waals surface area contributed by atoms with E-state index in [9.17, 15) is 22.0 Å². The minimum Gasteiger partial charge on any atom is -0.445 e. The van der Waals surface area contributed by atoms with Crippen molar-refractivity contribution in [3.63, 3.8) is 0 Å². The van der Waals surface area contributed by atoms with Crippen molar-refractivity contribution < 1.29 is 26.7 Å². The monoisotopic (exact) mass is 514 g/mol. The summed E-state index contributed by atoms with van der Waals surface area (Å²) in [7, 11) is -2.65. The molecule has 3 aromatic rings. The van der Waals surface area contributed by atoms with Gasteiger partial charge in [-0.3, -0.25) is 10.2 Å². The predicted octanol–water partition coefficient (Wildman–Crippen LogP) is 4.98. The third kappa shape index (κ3) is 5.77. The number of sulfonamides is 1. The minimum atomic E-state index is -4.05. The zero-order chi connectivity index (χ0) is 23.8. The Bertz CT molecular complexity index is 1290. The van der Waals surface area contributed by atoms with Gasteiger partial charge in [0.1, 0.15) is 22.3 Å². The average Bonchev–Trinajstić information content (AvgIpc) is 3.43. The molecule has 1 aromatic heterocycles. The number of hydrogen-bond acceptors (Lipinski definition) is 6. The van der Waals surface area contributed by atoms with Crippen LogP contribution in [0.5, 0.6) is 10.8 Å². The summed E-state index contributed by atoms with van der Waals surface area (Å²) in [5.41, 5.74) is 0.160. The van der Waals surface area contributed by atoms with Crippen molar-refractivity contribution in [3.05, 3.63) is 59.3 Å². The first kappa shape index (κ1) is 23.4. The van der Waals surface area contributed by atoms with Crippen molar-refractivity contribution in [2.24, 2.45) is 0 Å². The molecule has 2 amide bonds. The van der Waals surface area contributed by atoms with Crippen molar-refractivity contribution in [2.75, 3.05) is 17.3 Å². The highest BCUT2D eigenvalue weighted by atomic mass is 35.5. The van der Waals surface area contributed by atoms with Crippen molar-refractivity contribution in [3.8, 4) is 10.8 Å². The second-order valence-electron chi connectivity index (χ2n) is 7.19. The summed E-state index contributed by atoms with van der Waals surface area (Å²) in [5.74, 6) is -1.32. The molecule has 8 nitrogen and oxygen atoms in total. The molecule has 2 aromatic carbocycles. The van der Waals surface area contributed by atoms with Crippen molar-refractivity contribution >= 4 is 49.8 Å². The number of carbonyl (C=O) groups excluding carboxylic acids is 1. The topological polar surface area (TPSA) is 101 Å². The van der Waals surface area contributed by atoms with E-state index in [-0.39, 0.29) is 32.7 Å². The summed E-state index contributed by atoms with van der Waals surface area (Å²) in [5, 5.41) is 3.15. The molecule has 0 bridgehead atoms. The number of aromatic nitrogens is 1. The lowest BCUT2D eigenvalue weighted by atomic mass is 10.3. The van der Waals surface area contributed by atoms with Gasteiger partial charge in [-0.1, -0.05) is 22.9 Å². The highest BCUT2D eigenvalue weighted by Crippen LogP contribution is 2.32. The van der Waals surface area contributed by atoms with Crippen LogP contribution in [0.25, 0.3) is 0 Å². The van der Waals surface area contributed by atoms with E-state index in [1.165, 1.54) is 25.4 Å². The van der Waals surface area contributed by atoms with Crippen LogP contribution in [0.2, 0.25) is 5.02 Å². The molecule has 2 N–H and O–H groups in total. The number of thiazole rings is 1. The van der Waals surface area contributed by atoms with Crippen LogP contribution in [0.4, 0.5) is 24.4 Å². The molecule has 174 valence electrons. The number of anilines is 2. The maximum Gasteiger partial charge on any atom is 0.327 e. The first-order valence-corrected chi connectivity index (χ1v) is 12.2. The molecule has 0 saturated heterocycles. The SMILES string of the molecule is CN(C(=O)Nc1ncc(Oc2cc(F)cc(Cl)c2)s1)c1ccc(F)c(S(=O)(=O)NC2CC2)c1. The quantitative estimate of drug-likeness (QED) is 0.463. The maximum absolute atomic E-state index is 14.2. The van der Waals surface area contributed by atoms with Gasteiger partial charge in [0, 0.05) is 29.9 Å². The van der Waals surface area contributed by atoms with Crippen LogP contribution in [0.3, 0.4) is 0 Å². The van der Waals surface area contributed by atoms with Crippen LogP contribution in [-0.4, -0.2) is 32.5 Å². The normalized spacial score (nSPS) is 13.6. The van der Waals surface area contributed by atoms with Crippen LogP contribution in [0, 0.1) is 11.6 Å². The number of ether oxygens (including phenoxy) is 1. The Kier molecular flexibility index (Phi) is 6.52. The van der Waals surface area contributed by atoms with Gasteiger partial charge < -0.3 is 4.74 Å². The fourth-order valence-corrected chi connectivity index (χ4v) is 5.04. The summed E-state index contributed by atoms with van der Waals surface area (Å²) in [4.78, 5) is 17.2. The van der Waals surface area contributed by atoms with Crippen LogP contribution in [0.15, 0.2) is 47.5 Å². The molecule has 1 heterocycles. The number of rotatable bonds is 7. The van der Waals surface area contributed by atoms with Gasteiger partial charge >= 0.3 is 6.03 Å². The number of halogens is 3. The Morgan fingerprint density at radius 2 is 2.00 bits per heavy atom. The van der Waals surface area contributed by atoms with Gasteiger partial charge in [0.25, 0.3) is 0 Å². The Balaban J connectivity index is 1.45. The lowest BCUT2D eigenvalue weighted by molar-refractivity contribution is 0.258. The summed E-state index contributed by atoms with van der Waals surface area (Å²) >= 11 is 6.78. The standard InChI is InChI=1S/C20H17ClF2N4O4S2/c1-27(14-4-5-16(23)17(9-14)33(29,30)26-13-2-3-13)20(28)25-19-24-10-18(32-19)31-15-7-11(21)6-12(22)8-15/h4-10,13,26H,2-3H2,1H3,(H,24,25,28). The van der Waals surface area contributed by atoms with Gasteiger partial charge in [0.15, 0.2) is 5.13 Å². The minimum absolute atomic E-state index is 0.160. The smallest absolute Gasteiger partial charge is 0.327 e. The predicted molar refractivity (Wildman–Crippen MR) is 121 cm³/mol. The lowest BCUT2D eigenvalue weighted by Gasteiger charge is -2.18. The second-order valence-corrected chi connectivity index (χ2v) is 10.3. The number of hydrogen-bond donors (Lipinski definition) is 2. The van der Waals surface area contributed by atoms with Crippen LogP contribution >= 0.6 is 22.9 Å². The van der Waals surface area contributed by atoms with Gasteiger partial charge in [-0.15, -0.1) is 0 Å². The second kappa shape index (κ2) is 9.21. The molecule has 1 aliphatic carbocycles. The Morgan fingerprint density at radius 1 is 1.24 bits per heavy atom. The molecule has 4 rings (SSSR count). The van der Waals surface area contributed by atoms with Crippen LogP contribution in [-0.2, 0) is 10.0 Å². The zero-order valence-electron chi connectivity index (χ0n) is 17.0. The largest absolute Gasteiger partial charge is 0.445 e. The Morgan fingerprint density at radius 3 is 2.70 bits per heavy atom. The number of nitrogens with zero attached hydrogens (tertiary/aromatic N) is 2. The Hall–Kier alpha value is -2.80. The summed E-state index contributed by atoms with van der Waals surface area (Å²) < 4.78 is 60.4. The first-order chi connectivity index (χ1) is 15.6. The van der Waals surface area contributed by atoms with E-state index in [1.54, 1.807) is 0 Å². The van der Waals surface area contributed by atoms with E-state index in [0.717, 1.165) is 40.5 Å². The van der Waals surface area contributed by atoms with Gasteiger partial charge in [0.2, 0.25) is 15.1 Å². The van der Waals surface area contributed by atoms with E-state index in [2.05, 4.69) is 15.0 Å². The molecular weight excluding hydrogens is 498 g/mol. The molecule has 1 saturated carbocycles. The third-order valence-electron chi connectivity index (χ3n) is 4.55. The number of amides is 2. The molecule has 0 spiro atoms. The van der Waals surface area contributed by atoms with Crippen molar-refractivity contribution in [2.45, 2.75) is 23.8 Å².